The lowest BCUT2D eigenvalue weighted by Crippen LogP contribution is -2.48. The predicted molar refractivity (Wildman–Crippen MR) is 147 cm³/mol. The highest BCUT2D eigenvalue weighted by molar-refractivity contribution is 5.89. The van der Waals surface area contributed by atoms with E-state index in [1.54, 1.807) is 0 Å². The summed E-state index contributed by atoms with van der Waals surface area (Å²) >= 11 is 0. The van der Waals surface area contributed by atoms with Gasteiger partial charge in [0, 0.05) is 48.8 Å². The van der Waals surface area contributed by atoms with Crippen molar-refractivity contribution in [2.75, 3.05) is 29.4 Å². The maximum Gasteiger partial charge on any atom is 0.183 e. The van der Waals surface area contributed by atoms with E-state index in [-0.39, 0.29) is 5.54 Å². The smallest absolute Gasteiger partial charge is 0.183 e. The van der Waals surface area contributed by atoms with E-state index >= 15 is 0 Å². The number of aromatic amines is 1. The number of aromatic nitrogens is 5. The molecule has 0 amide bonds. The third-order valence-electron chi connectivity index (χ3n) is 7.30. The summed E-state index contributed by atoms with van der Waals surface area (Å²) in [5.74, 6) is 1.72. The fourth-order valence-electron chi connectivity index (χ4n) is 5.21. The molecule has 8 heteroatoms. The predicted octanol–water partition coefficient (Wildman–Crippen LogP) is 5.15. The Balaban J connectivity index is 0.00000130. The molecule has 4 aromatic rings. The first-order valence-electron chi connectivity index (χ1n) is 13.1. The van der Waals surface area contributed by atoms with Gasteiger partial charge >= 0.3 is 0 Å². The van der Waals surface area contributed by atoms with Crippen molar-refractivity contribution in [3.8, 4) is 11.1 Å². The Kier molecular flexibility index (Phi) is 6.62. The molecule has 2 aliphatic rings. The first kappa shape index (κ1) is 24.2. The number of benzene rings is 1. The van der Waals surface area contributed by atoms with Crippen LogP contribution in [0.3, 0.4) is 0 Å². The van der Waals surface area contributed by atoms with Gasteiger partial charge in [-0.05, 0) is 68.4 Å². The van der Waals surface area contributed by atoms with Gasteiger partial charge in [0.15, 0.2) is 17.0 Å². The van der Waals surface area contributed by atoms with E-state index in [0.717, 1.165) is 68.1 Å². The molecule has 0 atom stereocenters. The number of aryl methyl sites for hydroxylation is 1. The summed E-state index contributed by atoms with van der Waals surface area (Å²) in [5, 5.41) is 7.81. The molecule has 1 saturated heterocycles. The van der Waals surface area contributed by atoms with Gasteiger partial charge in [0.05, 0.1) is 6.20 Å². The zero-order chi connectivity index (χ0) is 25.3. The van der Waals surface area contributed by atoms with Gasteiger partial charge in [0.1, 0.15) is 5.82 Å². The number of nitrogens with one attached hydrogen (secondary N) is 1. The normalized spacial score (nSPS) is 16.9. The molecule has 1 fully saturated rings. The molecule has 3 N–H and O–H groups in total. The van der Waals surface area contributed by atoms with Gasteiger partial charge in [0.25, 0.3) is 0 Å². The SMILES string of the molecule is CC.Cc1ccncc1-c1cccc2c1CCCN2c1n[nH]c2nc(N3CCC(C)(N)CC3)cnc12. The van der Waals surface area contributed by atoms with Crippen molar-refractivity contribution in [1.82, 2.24) is 25.1 Å². The molecule has 1 aromatic carbocycles. The Morgan fingerprint density at radius 2 is 1.83 bits per heavy atom. The summed E-state index contributed by atoms with van der Waals surface area (Å²) < 4.78 is 0. The summed E-state index contributed by atoms with van der Waals surface area (Å²) in [6.07, 6.45) is 9.67. The van der Waals surface area contributed by atoms with Crippen LogP contribution in [0.5, 0.6) is 0 Å². The number of anilines is 3. The van der Waals surface area contributed by atoms with Crippen molar-refractivity contribution in [2.24, 2.45) is 5.73 Å². The van der Waals surface area contributed by atoms with Gasteiger partial charge in [-0.3, -0.25) is 10.1 Å². The summed E-state index contributed by atoms with van der Waals surface area (Å²) in [4.78, 5) is 18.6. The van der Waals surface area contributed by atoms with E-state index in [1.165, 1.54) is 27.9 Å². The van der Waals surface area contributed by atoms with Gasteiger partial charge < -0.3 is 15.5 Å². The van der Waals surface area contributed by atoms with E-state index in [0.29, 0.717) is 0 Å². The molecule has 0 radical (unpaired) electrons. The topological polar surface area (TPSA) is 99.9 Å². The van der Waals surface area contributed by atoms with Crippen molar-refractivity contribution in [1.29, 1.82) is 0 Å². The van der Waals surface area contributed by atoms with Crippen molar-refractivity contribution >= 4 is 28.5 Å². The summed E-state index contributed by atoms with van der Waals surface area (Å²) in [6.45, 7) is 10.9. The van der Waals surface area contributed by atoms with Gasteiger partial charge in [-0.25, -0.2) is 9.97 Å². The maximum absolute atomic E-state index is 6.30. The first-order valence-corrected chi connectivity index (χ1v) is 13.1. The minimum atomic E-state index is -0.0932. The van der Waals surface area contributed by atoms with Crippen LogP contribution in [0.2, 0.25) is 0 Å². The van der Waals surface area contributed by atoms with Gasteiger partial charge in [-0.1, -0.05) is 26.0 Å². The van der Waals surface area contributed by atoms with E-state index < -0.39 is 0 Å². The Morgan fingerprint density at radius 1 is 1.03 bits per heavy atom. The Morgan fingerprint density at radius 3 is 2.61 bits per heavy atom. The number of nitrogens with two attached hydrogens (primary N) is 1. The van der Waals surface area contributed by atoms with Gasteiger partial charge in [-0.2, -0.15) is 5.10 Å². The van der Waals surface area contributed by atoms with Gasteiger partial charge in [-0.15, -0.1) is 0 Å². The van der Waals surface area contributed by atoms with E-state index in [2.05, 4.69) is 63.1 Å². The third kappa shape index (κ3) is 4.41. The number of hydrogen-bond donors (Lipinski definition) is 2. The molecular formula is C28H36N8. The molecule has 5 heterocycles. The number of hydrogen-bond acceptors (Lipinski definition) is 7. The fourth-order valence-corrected chi connectivity index (χ4v) is 5.21. The molecule has 6 rings (SSSR count). The molecule has 188 valence electrons. The molecule has 8 nitrogen and oxygen atoms in total. The van der Waals surface area contributed by atoms with Crippen LogP contribution in [0, 0.1) is 6.92 Å². The molecule has 0 saturated carbocycles. The van der Waals surface area contributed by atoms with Crippen LogP contribution in [0.15, 0.2) is 42.9 Å². The third-order valence-corrected chi connectivity index (χ3v) is 7.30. The number of nitrogens with zero attached hydrogens (tertiary/aromatic N) is 6. The molecule has 0 spiro atoms. The molecule has 0 bridgehead atoms. The van der Waals surface area contributed by atoms with Gasteiger partial charge in [0.2, 0.25) is 0 Å². The molecule has 2 aliphatic heterocycles. The van der Waals surface area contributed by atoms with Crippen molar-refractivity contribution < 1.29 is 0 Å². The van der Waals surface area contributed by atoms with Crippen LogP contribution < -0.4 is 15.5 Å². The second-order valence-corrected chi connectivity index (χ2v) is 9.86. The minimum absolute atomic E-state index is 0.0932. The van der Waals surface area contributed by atoms with Crippen molar-refractivity contribution in [2.45, 2.75) is 58.9 Å². The summed E-state index contributed by atoms with van der Waals surface area (Å²) in [7, 11) is 0. The lowest BCUT2D eigenvalue weighted by Gasteiger charge is -2.37. The monoisotopic (exact) mass is 484 g/mol. The van der Waals surface area contributed by atoms with Crippen LogP contribution >= 0.6 is 0 Å². The Labute approximate surface area is 213 Å². The van der Waals surface area contributed by atoms with Crippen molar-refractivity contribution in [3.63, 3.8) is 0 Å². The highest BCUT2D eigenvalue weighted by Gasteiger charge is 2.28. The average Bonchev–Trinajstić information content (AvgIpc) is 3.33. The van der Waals surface area contributed by atoms with Crippen LogP contribution in [0.25, 0.3) is 22.3 Å². The zero-order valence-electron chi connectivity index (χ0n) is 21.8. The first-order chi connectivity index (χ1) is 17.5. The molecular weight excluding hydrogens is 448 g/mol. The summed E-state index contributed by atoms with van der Waals surface area (Å²) in [5.41, 5.74) is 13.9. The average molecular weight is 485 g/mol. The quantitative estimate of drug-likeness (QED) is 0.415. The van der Waals surface area contributed by atoms with E-state index in [4.69, 9.17) is 15.7 Å². The lowest BCUT2D eigenvalue weighted by atomic mass is 9.91. The molecule has 3 aromatic heterocycles. The highest BCUT2D eigenvalue weighted by Crippen LogP contribution is 2.40. The lowest BCUT2D eigenvalue weighted by molar-refractivity contribution is 0.363. The van der Waals surface area contributed by atoms with Crippen LogP contribution in [-0.2, 0) is 6.42 Å². The number of H-pyrrole nitrogens is 1. The second-order valence-electron chi connectivity index (χ2n) is 9.86. The standard InChI is InChI=1S/C26H30N8.C2H6/c1-17-8-11-28-15-20(17)18-5-3-7-21-19(18)6-4-12-34(21)25-23-24(31-32-25)30-22(16-29-23)33-13-9-26(2,27)10-14-33;1-2/h3,5,7-8,11,15-16H,4,6,9-10,12-14,27H2,1-2H3,(H,30,31,32);1-2H3. The van der Waals surface area contributed by atoms with Crippen LogP contribution in [0.4, 0.5) is 17.3 Å². The Hall–Kier alpha value is -3.52. The number of pyridine rings is 1. The molecule has 0 aliphatic carbocycles. The van der Waals surface area contributed by atoms with Crippen LogP contribution in [-0.4, -0.2) is 50.3 Å². The molecule has 36 heavy (non-hydrogen) atoms. The minimum Gasteiger partial charge on any atom is -0.355 e. The second kappa shape index (κ2) is 9.85. The zero-order valence-corrected chi connectivity index (χ0v) is 21.8. The fraction of sp³-hybridized carbons (Fsp3) is 0.429. The summed E-state index contributed by atoms with van der Waals surface area (Å²) in [6, 6.07) is 8.58. The van der Waals surface area contributed by atoms with Crippen LogP contribution in [0.1, 0.15) is 51.2 Å². The van der Waals surface area contributed by atoms with E-state index in [1.807, 2.05) is 32.4 Å². The largest absolute Gasteiger partial charge is 0.355 e. The Bertz CT molecular complexity index is 1350. The van der Waals surface area contributed by atoms with E-state index in [9.17, 15) is 0 Å². The number of fused-ring (bicyclic) bond motifs is 2. The number of rotatable bonds is 3. The maximum atomic E-state index is 6.30. The van der Waals surface area contributed by atoms with Crippen molar-refractivity contribution in [3.05, 3.63) is 54.0 Å². The molecule has 0 unspecified atom stereocenters. The highest BCUT2D eigenvalue weighted by atomic mass is 15.3. The number of piperidine rings is 1.